The van der Waals surface area contributed by atoms with E-state index in [0.717, 1.165) is 40.7 Å². The molecule has 0 aliphatic carbocycles. The van der Waals surface area contributed by atoms with E-state index in [0.29, 0.717) is 5.57 Å². The summed E-state index contributed by atoms with van der Waals surface area (Å²) in [5.74, 6) is 0.714. The topological polar surface area (TPSA) is 41.6 Å². The molecule has 5 rings (SSSR count). The first-order valence-electron chi connectivity index (χ1n) is 10.7. The van der Waals surface area contributed by atoms with Gasteiger partial charge in [-0.3, -0.25) is 4.79 Å². The van der Waals surface area contributed by atoms with Crippen molar-refractivity contribution in [3.05, 3.63) is 77.4 Å². The molecule has 31 heavy (non-hydrogen) atoms. The van der Waals surface area contributed by atoms with Gasteiger partial charge in [0.15, 0.2) is 0 Å². The summed E-state index contributed by atoms with van der Waals surface area (Å²) in [4.78, 5) is 15.4. The van der Waals surface area contributed by atoms with Crippen molar-refractivity contribution in [2.24, 2.45) is 0 Å². The first kappa shape index (κ1) is 21.4. The Morgan fingerprint density at radius 2 is 1.74 bits per heavy atom. The molecule has 3 aromatic carbocycles. The lowest BCUT2D eigenvalue weighted by Crippen LogP contribution is -2.22. The first-order chi connectivity index (χ1) is 14.8. The van der Waals surface area contributed by atoms with Crippen LogP contribution in [0.3, 0.4) is 0 Å². The molecule has 5 heteroatoms. The Morgan fingerprint density at radius 1 is 0.968 bits per heavy atom. The van der Waals surface area contributed by atoms with Gasteiger partial charge in [-0.15, -0.1) is 12.4 Å². The van der Waals surface area contributed by atoms with Crippen molar-refractivity contribution in [1.82, 2.24) is 4.90 Å². The third-order valence-electron chi connectivity index (χ3n) is 6.05. The van der Waals surface area contributed by atoms with E-state index >= 15 is 0 Å². The largest absolute Gasteiger partial charge is 0.488 e. The van der Waals surface area contributed by atoms with Crippen LogP contribution in [0.25, 0.3) is 16.8 Å². The van der Waals surface area contributed by atoms with Crippen molar-refractivity contribution in [2.75, 3.05) is 31.6 Å². The Morgan fingerprint density at radius 3 is 2.55 bits per heavy atom. The van der Waals surface area contributed by atoms with Crippen LogP contribution in [-0.2, 0) is 11.2 Å². The van der Waals surface area contributed by atoms with Gasteiger partial charge in [0.25, 0.3) is 5.91 Å². The maximum absolute atomic E-state index is 12.8. The highest BCUT2D eigenvalue weighted by Gasteiger charge is 2.19. The fraction of sp³-hybridized carbons (Fsp3) is 0.269. The van der Waals surface area contributed by atoms with Crippen LogP contribution < -0.4 is 10.1 Å². The maximum Gasteiger partial charge on any atom is 0.255 e. The van der Waals surface area contributed by atoms with Crippen molar-refractivity contribution in [1.29, 1.82) is 0 Å². The quantitative estimate of drug-likeness (QED) is 0.591. The summed E-state index contributed by atoms with van der Waals surface area (Å²) in [6.07, 6.45) is 5.66. The molecule has 1 fully saturated rings. The summed E-state index contributed by atoms with van der Waals surface area (Å²) in [5.41, 5.74) is 3.73. The maximum atomic E-state index is 12.8. The number of anilines is 1. The molecule has 4 nitrogen and oxygen atoms in total. The van der Waals surface area contributed by atoms with Gasteiger partial charge in [-0.1, -0.05) is 42.5 Å². The smallest absolute Gasteiger partial charge is 0.255 e. The average molecular weight is 435 g/mol. The number of fused-ring (bicyclic) bond motifs is 3. The van der Waals surface area contributed by atoms with Crippen LogP contribution in [0.5, 0.6) is 5.75 Å². The van der Waals surface area contributed by atoms with Crippen LogP contribution in [-0.4, -0.2) is 37.0 Å². The summed E-state index contributed by atoms with van der Waals surface area (Å²) in [6, 6.07) is 20.4. The van der Waals surface area contributed by atoms with Gasteiger partial charge in [-0.05, 0) is 73.0 Å². The van der Waals surface area contributed by atoms with Crippen molar-refractivity contribution >= 4 is 40.9 Å². The van der Waals surface area contributed by atoms with Crippen molar-refractivity contribution in [3.8, 4) is 5.75 Å². The monoisotopic (exact) mass is 434 g/mol. The molecule has 1 N–H and O–H groups in total. The zero-order valence-corrected chi connectivity index (χ0v) is 18.3. The second-order valence-corrected chi connectivity index (χ2v) is 8.11. The van der Waals surface area contributed by atoms with Gasteiger partial charge in [0.1, 0.15) is 12.4 Å². The van der Waals surface area contributed by atoms with Gasteiger partial charge in [0.2, 0.25) is 0 Å². The van der Waals surface area contributed by atoms with Gasteiger partial charge in [-0.2, -0.15) is 0 Å². The predicted octanol–water partition coefficient (Wildman–Crippen LogP) is 5.31. The second kappa shape index (κ2) is 9.54. The van der Waals surface area contributed by atoms with Gasteiger partial charge in [-0.25, -0.2) is 0 Å². The Labute approximate surface area is 189 Å². The normalized spacial score (nSPS) is 15.5. The molecular weight excluding hydrogens is 408 g/mol. The van der Waals surface area contributed by atoms with Crippen molar-refractivity contribution < 1.29 is 9.53 Å². The summed E-state index contributed by atoms with van der Waals surface area (Å²) < 4.78 is 5.87. The average Bonchev–Trinajstić information content (AvgIpc) is 3.32. The number of ether oxygens (including phenoxy) is 1. The Bertz CT molecular complexity index is 1100. The molecule has 1 amide bonds. The van der Waals surface area contributed by atoms with Crippen LogP contribution >= 0.6 is 12.4 Å². The number of carbonyl (C=O) groups excluding carboxylic acids is 1. The number of benzene rings is 3. The van der Waals surface area contributed by atoms with Gasteiger partial charge in [0.05, 0.1) is 5.57 Å². The SMILES string of the molecule is Cl.O=C(Nc1ccc(CCN2CCCC2)cc1)C1=Cc2c(ccc3ccccc23)OC1. The molecule has 0 atom stereocenters. The molecule has 0 saturated carbocycles. The Kier molecular flexibility index (Phi) is 6.59. The number of nitrogens with one attached hydrogen (secondary N) is 1. The molecule has 0 spiro atoms. The van der Waals surface area contributed by atoms with Gasteiger partial charge < -0.3 is 15.0 Å². The van der Waals surface area contributed by atoms with E-state index in [1.165, 1.54) is 31.5 Å². The summed E-state index contributed by atoms with van der Waals surface area (Å²) >= 11 is 0. The lowest BCUT2D eigenvalue weighted by molar-refractivity contribution is -0.113. The molecule has 3 aromatic rings. The third kappa shape index (κ3) is 4.76. The molecule has 0 aromatic heterocycles. The molecule has 0 radical (unpaired) electrons. The van der Waals surface area contributed by atoms with E-state index in [-0.39, 0.29) is 24.9 Å². The molecule has 0 bridgehead atoms. The molecule has 2 aliphatic heterocycles. The van der Waals surface area contributed by atoms with Crippen molar-refractivity contribution in [2.45, 2.75) is 19.3 Å². The minimum atomic E-state index is -0.113. The molecule has 2 aliphatic rings. The zero-order chi connectivity index (χ0) is 20.3. The summed E-state index contributed by atoms with van der Waals surface area (Å²) in [7, 11) is 0. The highest BCUT2D eigenvalue weighted by Crippen LogP contribution is 2.33. The number of nitrogens with zero attached hydrogens (tertiary/aromatic N) is 1. The number of rotatable bonds is 5. The number of halogens is 1. The second-order valence-electron chi connectivity index (χ2n) is 8.11. The first-order valence-corrected chi connectivity index (χ1v) is 10.7. The fourth-order valence-corrected chi connectivity index (χ4v) is 4.31. The van der Waals surface area contributed by atoms with E-state index in [4.69, 9.17) is 4.74 Å². The van der Waals surface area contributed by atoms with Crippen LogP contribution in [0.15, 0.2) is 66.2 Å². The van der Waals surface area contributed by atoms with Crippen LogP contribution in [0.1, 0.15) is 24.0 Å². The molecule has 0 unspecified atom stereocenters. The number of carbonyl (C=O) groups is 1. The summed E-state index contributed by atoms with van der Waals surface area (Å²) in [5, 5.41) is 5.26. The Hall–Kier alpha value is -2.82. The highest BCUT2D eigenvalue weighted by atomic mass is 35.5. The number of hydrogen-bond donors (Lipinski definition) is 1. The molecule has 2 heterocycles. The van der Waals surface area contributed by atoms with Crippen LogP contribution in [0, 0.1) is 0 Å². The minimum absolute atomic E-state index is 0. The molecular formula is C26H27ClN2O2. The lowest BCUT2D eigenvalue weighted by atomic mass is 9.99. The van der Waals surface area contributed by atoms with Gasteiger partial charge >= 0.3 is 0 Å². The Balaban J connectivity index is 0.00000231. The van der Waals surface area contributed by atoms with Gasteiger partial charge in [0, 0.05) is 17.8 Å². The lowest BCUT2D eigenvalue weighted by Gasteiger charge is -2.19. The van der Waals surface area contributed by atoms with Crippen LogP contribution in [0.4, 0.5) is 5.69 Å². The standard InChI is InChI=1S/C26H26N2O2.ClH/c29-26(27-22-10-7-19(8-11-22)13-16-28-14-3-4-15-28)21-17-24-23-6-2-1-5-20(23)9-12-25(24)30-18-21;/h1-2,5-12,17H,3-4,13-16,18H2,(H,27,29);1H. The van der Waals surface area contributed by atoms with E-state index in [2.05, 4.69) is 40.5 Å². The van der Waals surface area contributed by atoms with E-state index in [1.54, 1.807) is 0 Å². The number of hydrogen-bond acceptors (Lipinski definition) is 3. The zero-order valence-electron chi connectivity index (χ0n) is 17.5. The molecule has 1 saturated heterocycles. The highest BCUT2D eigenvalue weighted by molar-refractivity contribution is 6.09. The summed E-state index contributed by atoms with van der Waals surface area (Å²) in [6.45, 7) is 3.85. The van der Waals surface area contributed by atoms with Crippen molar-refractivity contribution in [3.63, 3.8) is 0 Å². The predicted molar refractivity (Wildman–Crippen MR) is 129 cm³/mol. The van der Waals surface area contributed by atoms with E-state index in [1.807, 2.05) is 36.4 Å². The van der Waals surface area contributed by atoms with Crippen LogP contribution in [0.2, 0.25) is 0 Å². The van der Waals surface area contributed by atoms with E-state index in [9.17, 15) is 4.79 Å². The van der Waals surface area contributed by atoms with E-state index < -0.39 is 0 Å². The number of likely N-dealkylation sites (tertiary alicyclic amines) is 1. The number of amides is 1. The molecule has 160 valence electrons. The third-order valence-corrected chi connectivity index (χ3v) is 6.05. The minimum Gasteiger partial charge on any atom is -0.488 e. The fourth-order valence-electron chi connectivity index (χ4n) is 4.31.